The van der Waals surface area contributed by atoms with E-state index in [9.17, 15) is 24.3 Å². The van der Waals surface area contributed by atoms with Gasteiger partial charge in [-0.1, -0.05) is 24.3 Å². The van der Waals surface area contributed by atoms with Crippen LogP contribution in [0.4, 0.5) is 5.69 Å². The minimum atomic E-state index is -1.30. The predicted octanol–water partition coefficient (Wildman–Crippen LogP) is 2.86. The van der Waals surface area contributed by atoms with Gasteiger partial charge in [0.2, 0.25) is 5.36 Å². The molecule has 0 N–H and O–H groups in total. The van der Waals surface area contributed by atoms with Crippen LogP contribution in [0.25, 0.3) is 33.4 Å². The first-order valence-electron chi connectivity index (χ1n) is 14.6. The van der Waals surface area contributed by atoms with Crippen molar-refractivity contribution in [2.75, 3.05) is 50.9 Å². The van der Waals surface area contributed by atoms with Gasteiger partial charge in [0.05, 0.1) is 18.6 Å². The molecular weight excluding hydrogens is 580 g/mol. The zero-order valence-electron chi connectivity index (χ0n) is 25.8. The lowest BCUT2D eigenvalue weighted by Gasteiger charge is -2.24. The highest BCUT2D eigenvalue weighted by Crippen LogP contribution is 2.41. The fraction of sp³-hybridized carbons (Fsp3) is 0.324. The second-order valence-electron chi connectivity index (χ2n) is 10.3. The van der Waals surface area contributed by atoms with Crippen LogP contribution in [0.5, 0.6) is 0 Å². The van der Waals surface area contributed by atoms with E-state index in [0.717, 1.165) is 11.0 Å². The van der Waals surface area contributed by atoms with Crippen LogP contribution < -0.4 is 19.9 Å². The quantitative estimate of drug-likeness (QED) is 0.0954. The Bertz CT molecular complexity index is 1740. The topological polar surface area (TPSA) is 138 Å². The highest BCUT2D eigenvalue weighted by Gasteiger charge is 2.22. The highest BCUT2D eigenvalue weighted by atomic mass is 16.5. The van der Waals surface area contributed by atoms with Crippen molar-refractivity contribution in [1.82, 2.24) is 4.58 Å². The number of fused-ring (bicyclic) bond motifs is 2. The highest BCUT2D eigenvalue weighted by molar-refractivity contribution is 6.07. The van der Waals surface area contributed by atoms with Gasteiger partial charge < -0.3 is 33.4 Å². The number of anilines is 1. The maximum atomic E-state index is 12.2. The van der Waals surface area contributed by atoms with Gasteiger partial charge >= 0.3 is 17.9 Å². The predicted molar refractivity (Wildman–Crippen MR) is 165 cm³/mol. The summed E-state index contributed by atoms with van der Waals surface area (Å²) >= 11 is 0. The molecule has 11 heteroatoms. The zero-order chi connectivity index (χ0) is 32.5. The molecule has 2 aromatic carbocycles. The van der Waals surface area contributed by atoms with Gasteiger partial charge in [-0.25, -0.2) is 4.58 Å². The number of ether oxygens (including phenoxy) is 3. The Morgan fingerprint density at radius 2 is 1.44 bits per heavy atom. The summed E-state index contributed by atoms with van der Waals surface area (Å²) in [5.74, 6) is -1.99. The number of likely N-dealkylation sites (N-methyl/N-ethyl adjacent to an activating group) is 1. The van der Waals surface area contributed by atoms with Gasteiger partial charge in [-0.05, 0) is 30.7 Å². The summed E-state index contributed by atoms with van der Waals surface area (Å²) in [6, 6.07) is 17.9. The van der Waals surface area contributed by atoms with Gasteiger partial charge in [-0.15, -0.1) is 0 Å². The first-order valence-corrected chi connectivity index (χ1v) is 14.6. The number of hydrogen-bond acceptors (Lipinski definition) is 10. The number of hydrogen-bond donors (Lipinski definition) is 0. The van der Waals surface area contributed by atoms with Crippen LogP contribution in [-0.4, -0.2) is 69.9 Å². The summed E-state index contributed by atoms with van der Waals surface area (Å²) in [5, 5.41) is 13.6. The summed E-state index contributed by atoms with van der Waals surface area (Å²) in [5.41, 5.74) is 3.21. The van der Waals surface area contributed by atoms with Crippen LogP contribution in [0.2, 0.25) is 0 Å². The van der Waals surface area contributed by atoms with Crippen molar-refractivity contribution < 1.29 is 42.9 Å². The van der Waals surface area contributed by atoms with Crippen LogP contribution in [0, 0.1) is 0 Å². The molecule has 0 atom stereocenters. The summed E-state index contributed by atoms with van der Waals surface area (Å²) in [6.07, 6.45) is 0. The third kappa shape index (κ3) is 8.26. The Morgan fingerprint density at radius 3 is 2.07 bits per heavy atom. The van der Waals surface area contributed by atoms with Crippen LogP contribution in [-0.2, 0) is 28.6 Å². The van der Waals surface area contributed by atoms with Gasteiger partial charge in [-0.3, -0.25) is 14.4 Å². The van der Waals surface area contributed by atoms with Crippen LogP contribution in [0.15, 0.2) is 65.1 Å². The Hall–Kier alpha value is -5.19. The maximum Gasteiger partial charge on any atom is 0.302 e. The second kappa shape index (κ2) is 15.0. The first kappa shape index (κ1) is 32.7. The number of nitrogens with zero attached hydrogens (tertiary/aromatic N) is 2. The van der Waals surface area contributed by atoms with Crippen molar-refractivity contribution in [3.05, 3.63) is 71.6 Å². The van der Waals surface area contributed by atoms with E-state index < -0.39 is 17.9 Å². The molecule has 0 fully saturated rings. The molecule has 0 aromatic heterocycles. The first-order chi connectivity index (χ1) is 21.6. The monoisotopic (exact) mass is 616 g/mol. The molecule has 0 amide bonds. The summed E-state index contributed by atoms with van der Waals surface area (Å²) < 4.78 is 23.9. The molecule has 0 spiro atoms. The van der Waals surface area contributed by atoms with E-state index in [1.54, 1.807) is 18.2 Å². The van der Waals surface area contributed by atoms with E-state index in [0.29, 0.717) is 59.6 Å². The second-order valence-corrected chi connectivity index (χ2v) is 10.3. The Kier molecular flexibility index (Phi) is 10.9. The fourth-order valence-corrected chi connectivity index (χ4v) is 5.17. The molecule has 0 saturated carbocycles. The van der Waals surface area contributed by atoms with E-state index in [4.69, 9.17) is 18.6 Å². The molecule has 0 bridgehead atoms. The number of carboxylic acid groups (broad SMARTS) is 1. The van der Waals surface area contributed by atoms with Crippen LogP contribution >= 0.6 is 0 Å². The summed E-state index contributed by atoms with van der Waals surface area (Å²) in [6.45, 7) is 8.26. The molecule has 1 aliphatic carbocycles. The molecule has 0 unspecified atom stereocenters. The van der Waals surface area contributed by atoms with E-state index >= 15 is 0 Å². The molecule has 2 aliphatic rings. The third-order valence-corrected chi connectivity index (χ3v) is 7.22. The molecule has 11 nitrogen and oxygen atoms in total. The molecule has 2 aromatic rings. The smallest absolute Gasteiger partial charge is 0.302 e. The fourth-order valence-electron chi connectivity index (χ4n) is 5.17. The molecular formula is C34H36N2O9. The van der Waals surface area contributed by atoms with E-state index in [2.05, 4.69) is 0 Å². The van der Waals surface area contributed by atoms with Gasteiger partial charge in [-0.2, -0.15) is 0 Å². The molecule has 236 valence electrons. The average Bonchev–Trinajstić information content (AvgIpc) is 3.00. The lowest BCUT2D eigenvalue weighted by atomic mass is 9.90. The lowest BCUT2D eigenvalue weighted by molar-refractivity contribution is -0.255. The minimum Gasteiger partial charge on any atom is -0.545 e. The van der Waals surface area contributed by atoms with E-state index in [-0.39, 0.29) is 31.4 Å². The van der Waals surface area contributed by atoms with Gasteiger partial charge in [0, 0.05) is 67.2 Å². The number of carbonyl (C=O) groups is 4. The zero-order valence-corrected chi connectivity index (χ0v) is 25.8. The number of esters is 3. The van der Waals surface area contributed by atoms with Crippen LogP contribution in [0.1, 0.15) is 38.1 Å². The van der Waals surface area contributed by atoms with E-state index in [1.807, 2.05) is 52.8 Å². The lowest BCUT2D eigenvalue weighted by Crippen LogP contribution is -2.36. The van der Waals surface area contributed by atoms with Gasteiger partial charge in [0.1, 0.15) is 31.2 Å². The molecule has 45 heavy (non-hydrogen) atoms. The summed E-state index contributed by atoms with van der Waals surface area (Å²) in [4.78, 5) is 48.3. The van der Waals surface area contributed by atoms with Gasteiger partial charge in [0.15, 0.2) is 13.1 Å². The average molecular weight is 617 g/mol. The Morgan fingerprint density at radius 1 is 0.800 bits per heavy atom. The molecule has 4 rings (SSSR count). The number of aromatic carboxylic acids is 1. The van der Waals surface area contributed by atoms with Crippen molar-refractivity contribution in [3.63, 3.8) is 0 Å². The molecule has 1 heterocycles. The molecule has 1 aliphatic heterocycles. The Balaban J connectivity index is 1.94. The van der Waals surface area contributed by atoms with Crippen molar-refractivity contribution in [2.24, 2.45) is 0 Å². The van der Waals surface area contributed by atoms with Crippen LogP contribution in [0.3, 0.4) is 0 Å². The molecule has 0 saturated heterocycles. The van der Waals surface area contributed by atoms with Crippen molar-refractivity contribution in [1.29, 1.82) is 0 Å². The van der Waals surface area contributed by atoms with Crippen molar-refractivity contribution >= 4 is 40.5 Å². The maximum absolute atomic E-state index is 12.2. The number of rotatable bonds is 13. The van der Waals surface area contributed by atoms with Crippen molar-refractivity contribution in [2.45, 2.75) is 27.7 Å². The third-order valence-electron chi connectivity index (χ3n) is 7.22. The van der Waals surface area contributed by atoms with Crippen molar-refractivity contribution in [3.8, 4) is 22.5 Å². The normalized spacial score (nSPS) is 10.8. The summed E-state index contributed by atoms with van der Waals surface area (Å²) in [7, 11) is 0. The SMILES string of the molecule is CCN(CCOC(C)=O)c1ccc2c(-c3ccccc3C(=O)[O-])c3ccc(=[N+](CCOC(C)=O)CCOC(C)=O)cc-3oc2c1. The molecule has 0 radical (unpaired) electrons. The number of carbonyl (C=O) groups excluding carboxylic acids is 4. The van der Waals surface area contributed by atoms with Gasteiger partial charge in [0.25, 0.3) is 0 Å². The number of benzene rings is 3. The minimum absolute atomic E-state index is 0.0420. The number of carboxylic acids is 1. The standard InChI is InChI=1S/C34H36N2O9/c1-5-35(14-17-42-22(2)37)25-10-12-29-31(20-25)45-32-21-26(36(15-18-43-23(3)38)16-19-44-24(4)39)11-13-30(32)33(29)27-8-6-7-9-28(27)34(40)41/h6-13,20-21H,5,14-19H2,1-4H3. The Labute approximate surface area is 260 Å². The largest absolute Gasteiger partial charge is 0.545 e. The van der Waals surface area contributed by atoms with E-state index in [1.165, 1.54) is 26.8 Å².